The minimum atomic E-state index is -1.22. The molecule has 0 saturated carbocycles. The number of aliphatic hydroxyl groups is 1. The molecule has 1 aliphatic heterocycles. The minimum absolute atomic E-state index is 0.137. The summed E-state index contributed by atoms with van der Waals surface area (Å²) in [6, 6.07) is 0. The molecule has 1 rings (SSSR count). The van der Waals surface area contributed by atoms with Crippen LogP contribution in [0.25, 0.3) is 0 Å². The van der Waals surface area contributed by atoms with Crippen molar-refractivity contribution in [3.8, 4) is 0 Å². The van der Waals surface area contributed by atoms with Gasteiger partial charge in [-0.05, 0) is 0 Å². The maximum absolute atomic E-state index is 9.43. The van der Waals surface area contributed by atoms with Gasteiger partial charge < -0.3 is 0 Å². The zero-order valence-electron chi connectivity index (χ0n) is 6.48. The van der Waals surface area contributed by atoms with Crippen molar-refractivity contribution in [3.63, 3.8) is 0 Å². The third-order valence-corrected chi connectivity index (χ3v) is 5.84. The first-order chi connectivity index (χ1) is 4.52. The topological polar surface area (TPSA) is 20.2 Å². The van der Waals surface area contributed by atoms with Crippen molar-refractivity contribution in [2.45, 2.75) is 19.6 Å². The number of allylic oxidation sites excluding steroid dienone is 2. The van der Waals surface area contributed by atoms with Crippen molar-refractivity contribution in [3.05, 3.63) is 19.1 Å². The van der Waals surface area contributed by atoms with Gasteiger partial charge in [0.05, 0.1) is 0 Å². The van der Waals surface area contributed by atoms with E-state index < -0.39 is 8.07 Å². The summed E-state index contributed by atoms with van der Waals surface area (Å²) in [6.07, 6.45) is 2.12. The van der Waals surface area contributed by atoms with Crippen molar-refractivity contribution >= 4 is 8.07 Å². The molecular weight excluding hydrogens is 255 g/mol. The van der Waals surface area contributed by atoms with Gasteiger partial charge in [0.1, 0.15) is 0 Å². The van der Waals surface area contributed by atoms with Crippen molar-refractivity contribution in [2.75, 3.05) is 0 Å². The Morgan fingerprint density at radius 1 is 1.40 bits per heavy atom. The summed E-state index contributed by atoms with van der Waals surface area (Å²) in [6.45, 7) is 6.79. The molecule has 0 saturated heterocycles. The van der Waals surface area contributed by atoms with Crippen molar-refractivity contribution in [1.82, 2.24) is 0 Å². The predicted octanol–water partition coefficient (Wildman–Crippen LogP) is -0.750. The van der Waals surface area contributed by atoms with Crippen LogP contribution in [0.3, 0.4) is 0 Å². The second-order valence-corrected chi connectivity index (χ2v) is 10.8. The Morgan fingerprint density at radius 3 is 2.20 bits per heavy atom. The third kappa shape index (κ3) is 1.63. The van der Waals surface area contributed by atoms with Gasteiger partial charge in [0.15, 0.2) is 0 Å². The summed E-state index contributed by atoms with van der Waals surface area (Å²) in [5.74, 6) is 0. The predicted molar refractivity (Wildman–Crippen MR) is 42.1 cm³/mol. The van der Waals surface area contributed by atoms with E-state index in [1.165, 1.54) is 5.20 Å². The number of halogens is 1. The van der Waals surface area contributed by atoms with Crippen LogP contribution in [0.1, 0.15) is 0 Å². The molecule has 1 aliphatic rings. The van der Waals surface area contributed by atoms with Crippen molar-refractivity contribution < 1.29 is 26.3 Å². The molecule has 0 aromatic rings. The van der Waals surface area contributed by atoms with E-state index in [-0.39, 0.29) is 21.2 Å². The zero-order chi connectivity index (χ0) is 7.78. The Kier molecular flexibility index (Phi) is 2.24. The summed E-state index contributed by atoms with van der Waals surface area (Å²) in [4.78, 5) is 0. The van der Waals surface area contributed by atoms with Crippen LogP contribution in [0.2, 0.25) is 19.6 Å². The van der Waals surface area contributed by atoms with Gasteiger partial charge >= 0.3 is 73.1 Å². The van der Waals surface area contributed by atoms with E-state index in [0.717, 1.165) is 0 Å². The maximum atomic E-state index is 9.43. The van der Waals surface area contributed by atoms with E-state index in [0.29, 0.717) is 3.77 Å². The molecular formula is C7H12IOSi-. The van der Waals surface area contributed by atoms with Gasteiger partial charge in [-0.2, -0.15) is 0 Å². The number of rotatable bonds is 1. The van der Waals surface area contributed by atoms with E-state index in [4.69, 9.17) is 0 Å². The van der Waals surface area contributed by atoms with Crippen LogP contribution in [0.5, 0.6) is 0 Å². The first kappa shape index (κ1) is 8.32. The first-order valence-electron chi connectivity index (χ1n) is 3.25. The fourth-order valence-corrected chi connectivity index (χ4v) is 6.57. The van der Waals surface area contributed by atoms with Gasteiger partial charge in [0, 0.05) is 0 Å². The summed E-state index contributed by atoms with van der Waals surface area (Å²) < 4.78 is 2.85. The standard InChI is InChI=1S/C7H12IOSi/c1-10(2,3)6-4-5-8-7(6)9/h4-5,9H,1-3H3/q-1. The Hall–Kier alpha value is 0.227. The second-order valence-electron chi connectivity index (χ2n) is 3.36. The van der Waals surface area contributed by atoms with Gasteiger partial charge in [0.25, 0.3) is 0 Å². The molecule has 0 atom stereocenters. The monoisotopic (exact) mass is 267 g/mol. The Morgan fingerprint density at radius 2 is 2.00 bits per heavy atom. The van der Waals surface area contributed by atoms with Crippen LogP contribution in [0.15, 0.2) is 19.1 Å². The number of hydrogen-bond donors (Lipinski definition) is 1. The fraction of sp³-hybridized carbons (Fsp3) is 0.429. The van der Waals surface area contributed by atoms with Crippen LogP contribution in [0, 0.1) is 0 Å². The van der Waals surface area contributed by atoms with E-state index in [2.05, 4.69) is 29.8 Å². The summed E-state index contributed by atoms with van der Waals surface area (Å²) >= 11 is -0.137. The molecule has 58 valence electrons. The molecule has 3 heteroatoms. The molecule has 0 aliphatic carbocycles. The van der Waals surface area contributed by atoms with Gasteiger partial charge in [0.2, 0.25) is 0 Å². The van der Waals surface area contributed by atoms with Crippen molar-refractivity contribution in [2.24, 2.45) is 0 Å². The molecule has 0 aromatic heterocycles. The zero-order valence-corrected chi connectivity index (χ0v) is 9.64. The Bertz CT molecular complexity index is 200. The SMILES string of the molecule is C[Si](C)(C)C1=C(O)[I-]C=C1. The molecule has 0 spiro atoms. The van der Waals surface area contributed by atoms with Crippen LogP contribution in [-0.4, -0.2) is 13.2 Å². The van der Waals surface area contributed by atoms with E-state index in [1.54, 1.807) is 0 Å². The Labute approximate surface area is 73.1 Å². The van der Waals surface area contributed by atoms with Gasteiger partial charge in [-0.3, -0.25) is 0 Å². The van der Waals surface area contributed by atoms with E-state index >= 15 is 0 Å². The number of hydrogen-bond acceptors (Lipinski definition) is 1. The van der Waals surface area contributed by atoms with Gasteiger partial charge in [-0.15, -0.1) is 0 Å². The molecule has 1 heterocycles. The Balaban J connectivity index is 2.91. The quantitative estimate of drug-likeness (QED) is 0.489. The fourth-order valence-electron chi connectivity index (χ4n) is 0.841. The van der Waals surface area contributed by atoms with Crippen LogP contribution in [-0.2, 0) is 0 Å². The summed E-state index contributed by atoms with van der Waals surface area (Å²) in [5, 5.41) is 10.7. The van der Waals surface area contributed by atoms with E-state index in [1.807, 2.05) is 0 Å². The van der Waals surface area contributed by atoms with Gasteiger partial charge in [-0.1, -0.05) is 0 Å². The molecule has 0 bridgehead atoms. The van der Waals surface area contributed by atoms with Crippen LogP contribution < -0.4 is 21.2 Å². The van der Waals surface area contributed by atoms with Gasteiger partial charge in [-0.25, -0.2) is 0 Å². The van der Waals surface area contributed by atoms with Crippen LogP contribution in [0.4, 0.5) is 0 Å². The number of aliphatic hydroxyl groups excluding tert-OH is 1. The first-order valence-corrected chi connectivity index (χ1v) is 9.08. The summed E-state index contributed by atoms with van der Waals surface area (Å²) in [5.41, 5.74) is 0. The summed E-state index contributed by atoms with van der Waals surface area (Å²) in [7, 11) is -1.22. The average Bonchev–Trinajstić information content (AvgIpc) is 2.11. The van der Waals surface area contributed by atoms with Crippen molar-refractivity contribution in [1.29, 1.82) is 0 Å². The molecule has 0 fully saturated rings. The molecule has 0 aromatic carbocycles. The molecule has 0 unspecified atom stereocenters. The third-order valence-electron chi connectivity index (χ3n) is 1.43. The van der Waals surface area contributed by atoms with E-state index in [9.17, 15) is 5.11 Å². The average molecular weight is 267 g/mol. The second kappa shape index (κ2) is 2.69. The van der Waals surface area contributed by atoms with Crippen LogP contribution >= 0.6 is 0 Å². The molecule has 0 radical (unpaired) electrons. The normalized spacial score (nSPS) is 19.5. The molecule has 1 N–H and O–H groups in total. The molecule has 10 heavy (non-hydrogen) atoms. The molecule has 0 amide bonds. The molecule has 1 nitrogen and oxygen atoms in total.